The lowest BCUT2D eigenvalue weighted by atomic mass is 10.3. The highest BCUT2D eigenvalue weighted by Gasteiger charge is 2.25. The van der Waals surface area contributed by atoms with Crippen LogP contribution in [-0.4, -0.2) is 29.2 Å². The predicted octanol–water partition coefficient (Wildman–Crippen LogP) is 2.40. The number of hydrogen-bond acceptors (Lipinski definition) is 5. The van der Waals surface area contributed by atoms with Crippen molar-refractivity contribution in [2.24, 2.45) is 0 Å². The van der Waals surface area contributed by atoms with Gasteiger partial charge in [0.05, 0.1) is 6.20 Å². The van der Waals surface area contributed by atoms with Crippen molar-refractivity contribution in [1.82, 2.24) is 14.3 Å². The third-order valence-electron chi connectivity index (χ3n) is 2.51. The summed E-state index contributed by atoms with van der Waals surface area (Å²) in [6.45, 7) is 2.47. The fourth-order valence-corrected chi connectivity index (χ4v) is 4.43. The number of aromatic nitrogens is 2. The second-order valence-electron chi connectivity index (χ2n) is 3.72. The monoisotopic (exact) mass is 317 g/mol. The number of thiazole rings is 1. The first-order valence-corrected chi connectivity index (χ1v) is 8.18. The Labute approximate surface area is 120 Å². The van der Waals surface area contributed by atoms with E-state index < -0.39 is 10.0 Å². The van der Waals surface area contributed by atoms with Crippen LogP contribution in [0.15, 0.2) is 34.9 Å². The standard InChI is InChI=1S/C11H12ClN3O2S2/c1-2-15(8-9-3-5-13-6-4-9)19(16,17)10-7-14-11(12)18-10/h3-7H,2,8H2,1H3. The normalized spacial score (nSPS) is 11.9. The molecule has 102 valence electrons. The van der Waals surface area contributed by atoms with Crippen molar-refractivity contribution in [2.75, 3.05) is 6.54 Å². The summed E-state index contributed by atoms with van der Waals surface area (Å²) >= 11 is 6.65. The summed E-state index contributed by atoms with van der Waals surface area (Å²) in [5.74, 6) is 0. The van der Waals surface area contributed by atoms with Gasteiger partial charge >= 0.3 is 0 Å². The molecular weight excluding hydrogens is 306 g/mol. The maximum absolute atomic E-state index is 12.4. The maximum Gasteiger partial charge on any atom is 0.254 e. The van der Waals surface area contributed by atoms with Gasteiger partial charge < -0.3 is 0 Å². The van der Waals surface area contributed by atoms with Crippen molar-refractivity contribution in [3.63, 3.8) is 0 Å². The first-order chi connectivity index (χ1) is 9.04. The Bertz CT molecular complexity index is 643. The summed E-state index contributed by atoms with van der Waals surface area (Å²) in [6.07, 6.45) is 4.57. The summed E-state index contributed by atoms with van der Waals surface area (Å²) in [6, 6.07) is 3.58. The molecule has 2 heterocycles. The van der Waals surface area contributed by atoms with Crippen LogP contribution in [0.4, 0.5) is 0 Å². The van der Waals surface area contributed by atoms with E-state index in [1.54, 1.807) is 31.5 Å². The third-order valence-corrected chi connectivity index (χ3v) is 5.98. The van der Waals surface area contributed by atoms with Gasteiger partial charge in [0.25, 0.3) is 10.0 Å². The number of pyridine rings is 1. The second-order valence-corrected chi connectivity index (χ2v) is 7.50. The van der Waals surface area contributed by atoms with Crippen LogP contribution in [0.5, 0.6) is 0 Å². The molecule has 8 heteroatoms. The van der Waals surface area contributed by atoms with Crippen molar-refractivity contribution in [3.8, 4) is 0 Å². The van der Waals surface area contributed by atoms with Crippen LogP contribution in [0.25, 0.3) is 0 Å². The van der Waals surface area contributed by atoms with Crippen molar-refractivity contribution in [2.45, 2.75) is 17.7 Å². The average Bonchev–Trinajstić information content (AvgIpc) is 2.84. The number of halogens is 1. The smallest absolute Gasteiger partial charge is 0.254 e. The van der Waals surface area contributed by atoms with Gasteiger partial charge in [-0.05, 0) is 17.7 Å². The molecule has 0 atom stereocenters. The Morgan fingerprint density at radius 2 is 2.05 bits per heavy atom. The molecule has 0 radical (unpaired) electrons. The van der Waals surface area contributed by atoms with E-state index in [4.69, 9.17) is 11.6 Å². The zero-order valence-electron chi connectivity index (χ0n) is 10.2. The van der Waals surface area contributed by atoms with Gasteiger partial charge in [-0.2, -0.15) is 4.31 Å². The van der Waals surface area contributed by atoms with Gasteiger partial charge in [0.2, 0.25) is 0 Å². The van der Waals surface area contributed by atoms with E-state index in [0.29, 0.717) is 13.1 Å². The zero-order chi connectivity index (χ0) is 13.9. The fourth-order valence-electron chi connectivity index (χ4n) is 1.54. The molecule has 0 saturated heterocycles. The summed E-state index contributed by atoms with van der Waals surface area (Å²) in [5, 5.41) is 0. The van der Waals surface area contributed by atoms with Crippen molar-refractivity contribution in [3.05, 3.63) is 40.8 Å². The molecule has 0 aliphatic carbocycles. The SMILES string of the molecule is CCN(Cc1ccncc1)S(=O)(=O)c1cnc(Cl)s1. The fraction of sp³-hybridized carbons (Fsp3) is 0.273. The largest absolute Gasteiger partial charge is 0.265 e. The highest BCUT2D eigenvalue weighted by Crippen LogP contribution is 2.26. The minimum atomic E-state index is -3.54. The Balaban J connectivity index is 2.27. The van der Waals surface area contributed by atoms with Crippen LogP contribution >= 0.6 is 22.9 Å². The molecule has 19 heavy (non-hydrogen) atoms. The second kappa shape index (κ2) is 5.96. The molecule has 2 aromatic rings. The lowest BCUT2D eigenvalue weighted by molar-refractivity contribution is 0.424. The Hall–Kier alpha value is -1.02. The zero-order valence-corrected chi connectivity index (χ0v) is 12.5. The molecule has 5 nitrogen and oxygen atoms in total. The van der Waals surface area contributed by atoms with Gasteiger partial charge in [-0.15, -0.1) is 0 Å². The first-order valence-electron chi connectivity index (χ1n) is 5.54. The van der Waals surface area contributed by atoms with E-state index in [1.807, 2.05) is 0 Å². The molecule has 0 spiro atoms. The Kier molecular flexibility index (Phi) is 4.51. The van der Waals surface area contributed by atoms with Crippen molar-refractivity contribution in [1.29, 1.82) is 0 Å². The van der Waals surface area contributed by atoms with E-state index in [-0.39, 0.29) is 8.68 Å². The van der Waals surface area contributed by atoms with Crippen molar-refractivity contribution < 1.29 is 8.42 Å². The summed E-state index contributed by atoms with van der Waals surface area (Å²) in [4.78, 5) is 7.68. The van der Waals surface area contributed by atoms with Gasteiger partial charge in [0, 0.05) is 25.5 Å². The van der Waals surface area contributed by atoms with Crippen LogP contribution in [0.3, 0.4) is 0 Å². The van der Waals surface area contributed by atoms with E-state index in [9.17, 15) is 8.42 Å². The summed E-state index contributed by atoms with van der Waals surface area (Å²) in [7, 11) is -3.54. The lowest BCUT2D eigenvalue weighted by Gasteiger charge is -2.19. The minimum Gasteiger partial charge on any atom is -0.265 e. The first kappa shape index (κ1) is 14.4. The average molecular weight is 318 g/mol. The summed E-state index contributed by atoms with van der Waals surface area (Å²) < 4.78 is 26.6. The van der Waals surface area contributed by atoms with Crippen molar-refractivity contribution >= 4 is 33.0 Å². The predicted molar refractivity (Wildman–Crippen MR) is 74.6 cm³/mol. The molecule has 0 saturated carbocycles. The highest BCUT2D eigenvalue weighted by molar-refractivity contribution is 7.91. The van der Waals surface area contributed by atoms with Gasteiger partial charge in [0.15, 0.2) is 8.68 Å². The molecule has 0 aromatic carbocycles. The van der Waals surface area contributed by atoms with Gasteiger partial charge in [-0.3, -0.25) is 4.98 Å². The van der Waals surface area contributed by atoms with Gasteiger partial charge in [-0.25, -0.2) is 13.4 Å². The molecule has 0 aliphatic heterocycles. The number of rotatable bonds is 5. The number of nitrogens with zero attached hydrogens (tertiary/aromatic N) is 3. The molecule has 2 aromatic heterocycles. The quantitative estimate of drug-likeness (QED) is 0.849. The number of hydrogen-bond donors (Lipinski definition) is 0. The summed E-state index contributed by atoms with van der Waals surface area (Å²) in [5.41, 5.74) is 0.885. The minimum absolute atomic E-state index is 0.161. The molecule has 0 N–H and O–H groups in total. The molecule has 0 amide bonds. The number of sulfonamides is 1. The van der Waals surface area contributed by atoms with Gasteiger partial charge in [-0.1, -0.05) is 29.9 Å². The van der Waals surface area contributed by atoms with E-state index in [0.717, 1.165) is 16.9 Å². The third kappa shape index (κ3) is 3.30. The van der Waals surface area contributed by atoms with Crippen LogP contribution in [-0.2, 0) is 16.6 Å². The van der Waals surface area contributed by atoms with Crippen LogP contribution < -0.4 is 0 Å². The van der Waals surface area contributed by atoms with Gasteiger partial charge in [0.1, 0.15) is 0 Å². The molecular formula is C11H12ClN3O2S2. The molecule has 0 bridgehead atoms. The molecule has 2 rings (SSSR count). The molecule has 0 fully saturated rings. The Morgan fingerprint density at radius 3 is 2.58 bits per heavy atom. The van der Waals surface area contributed by atoms with Crippen LogP contribution in [0.2, 0.25) is 4.47 Å². The Morgan fingerprint density at radius 1 is 1.37 bits per heavy atom. The topological polar surface area (TPSA) is 63.2 Å². The molecule has 0 aliphatic rings. The van der Waals surface area contributed by atoms with Crippen LogP contribution in [0.1, 0.15) is 12.5 Å². The van der Waals surface area contributed by atoms with E-state index >= 15 is 0 Å². The maximum atomic E-state index is 12.4. The molecule has 0 unspecified atom stereocenters. The highest BCUT2D eigenvalue weighted by atomic mass is 35.5. The van der Waals surface area contributed by atoms with E-state index in [1.165, 1.54) is 10.5 Å². The lowest BCUT2D eigenvalue weighted by Crippen LogP contribution is -2.29. The van der Waals surface area contributed by atoms with Crippen LogP contribution in [0, 0.1) is 0 Å². The van der Waals surface area contributed by atoms with E-state index in [2.05, 4.69) is 9.97 Å².